The van der Waals surface area contributed by atoms with Crippen LogP contribution in [0.15, 0.2) is 30.3 Å². The van der Waals surface area contributed by atoms with Crippen molar-refractivity contribution in [1.29, 1.82) is 0 Å². The summed E-state index contributed by atoms with van der Waals surface area (Å²) in [4.78, 5) is 37.4. The van der Waals surface area contributed by atoms with Gasteiger partial charge in [0, 0.05) is 0 Å². The molecule has 2 N–H and O–H groups in total. The van der Waals surface area contributed by atoms with Crippen molar-refractivity contribution in [3.63, 3.8) is 0 Å². The standard InChI is InChI=1S/C21H32N2O4S2/c1-15(2)12-18(23-21(26)27-13-16-8-6-5-7-9-16)20(25)22-17(10-11-28-3)19(24)14-29-4/h5-9,15,17-18H,10-14H2,1-4H3,(H,22,25)(H,23,26). The molecule has 1 rings (SSSR count). The van der Waals surface area contributed by atoms with Crippen LogP contribution in [-0.4, -0.2) is 53.9 Å². The van der Waals surface area contributed by atoms with Crippen molar-refractivity contribution in [2.75, 3.05) is 24.0 Å². The third kappa shape index (κ3) is 10.6. The maximum atomic E-state index is 12.8. The highest BCUT2D eigenvalue weighted by molar-refractivity contribution is 7.99. The number of alkyl carbamates (subject to hydrolysis) is 1. The topological polar surface area (TPSA) is 84.5 Å². The highest BCUT2D eigenvalue weighted by Gasteiger charge is 2.27. The van der Waals surface area contributed by atoms with Crippen LogP contribution in [0.5, 0.6) is 0 Å². The molecule has 2 amide bonds. The number of carbonyl (C=O) groups excluding carboxylic acids is 3. The second kappa shape index (κ2) is 14.3. The molecule has 0 saturated carbocycles. The van der Waals surface area contributed by atoms with Crippen molar-refractivity contribution in [3.8, 4) is 0 Å². The molecule has 0 radical (unpaired) electrons. The zero-order valence-electron chi connectivity index (χ0n) is 17.6. The summed E-state index contributed by atoms with van der Waals surface area (Å²) >= 11 is 3.06. The third-order valence-electron chi connectivity index (χ3n) is 4.13. The Morgan fingerprint density at radius 2 is 1.69 bits per heavy atom. The van der Waals surface area contributed by atoms with Crippen molar-refractivity contribution in [1.82, 2.24) is 10.6 Å². The highest BCUT2D eigenvalue weighted by atomic mass is 32.2. The SMILES string of the molecule is CSCCC(NC(=O)C(CC(C)C)NC(=O)OCc1ccccc1)C(=O)CSC. The van der Waals surface area contributed by atoms with E-state index in [1.54, 1.807) is 11.8 Å². The van der Waals surface area contributed by atoms with Gasteiger partial charge in [-0.25, -0.2) is 4.79 Å². The second-order valence-corrected chi connectivity index (χ2v) is 8.98. The van der Waals surface area contributed by atoms with Crippen LogP contribution in [0, 0.1) is 5.92 Å². The molecular weight excluding hydrogens is 408 g/mol. The minimum atomic E-state index is -0.753. The van der Waals surface area contributed by atoms with E-state index in [1.807, 2.05) is 56.7 Å². The smallest absolute Gasteiger partial charge is 0.408 e. The van der Waals surface area contributed by atoms with Gasteiger partial charge in [-0.2, -0.15) is 23.5 Å². The van der Waals surface area contributed by atoms with Crippen LogP contribution in [0.2, 0.25) is 0 Å². The summed E-state index contributed by atoms with van der Waals surface area (Å²) in [6.07, 6.45) is 4.20. The van der Waals surface area contributed by atoms with Crippen LogP contribution in [0.1, 0.15) is 32.3 Å². The third-order valence-corrected chi connectivity index (χ3v) is 5.35. The number of carbonyl (C=O) groups is 3. The summed E-state index contributed by atoms with van der Waals surface area (Å²) in [5, 5.41) is 5.49. The molecule has 0 fully saturated rings. The van der Waals surface area contributed by atoms with Gasteiger partial charge in [0.05, 0.1) is 11.8 Å². The number of thioether (sulfide) groups is 2. The molecule has 8 heteroatoms. The minimum absolute atomic E-state index is 0.00477. The van der Waals surface area contributed by atoms with Crippen LogP contribution >= 0.6 is 23.5 Å². The first kappa shape index (κ1) is 25.4. The average Bonchev–Trinajstić information content (AvgIpc) is 2.69. The van der Waals surface area contributed by atoms with Gasteiger partial charge in [0.2, 0.25) is 5.91 Å². The fourth-order valence-electron chi connectivity index (χ4n) is 2.67. The van der Waals surface area contributed by atoms with E-state index in [-0.39, 0.29) is 24.2 Å². The van der Waals surface area contributed by atoms with Crippen LogP contribution < -0.4 is 10.6 Å². The number of amides is 2. The lowest BCUT2D eigenvalue weighted by atomic mass is 10.0. The van der Waals surface area contributed by atoms with Crippen LogP contribution in [-0.2, 0) is 20.9 Å². The summed E-state index contributed by atoms with van der Waals surface area (Å²) < 4.78 is 5.24. The van der Waals surface area contributed by atoms with Gasteiger partial charge in [-0.1, -0.05) is 44.2 Å². The Morgan fingerprint density at radius 1 is 1.00 bits per heavy atom. The number of rotatable bonds is 13. The van der Waals surface area contributed by atoms with E-state index >= 15 is 0 Å². The first-order chi connectivity index (χ1) is 13.9. The van der Waals surface area contributed by atoms with Crippen molar-refractivity contribution in [2.24, 2.45) is 5.92 Å². The molecular formula is C21H32N2O4S2. The van der Waals surface area contributed by atoms with E-state index in [9.17, 15) is 14.4 Å². The molecule has 2 unspecified atom stereocenters. The molecule has 29 heavy (non-hydrogen) atoms. The largest absolute Gasteiger partial charge is 0.445 e. The molecule has 0 aromatic heterocycles. The number of Topliss-reactive ketones (excluding diaryl/α,β-unsaturated/α-hetero) is 1. The molecule has 0 aliphatic carbocycles. The molecule has 1 aromatic carbocycles. The van der Waals surface area contributed by atoms with Crippen LogP contribution in [0.3, 0.4) is 0 Å². The maximum absolute atomic E-state index is 12.8. The zero-order chi connectivity index (χ0) is 21.6. The lowest BCUT2D eigenvalue weighted by Crippen LogP contribution is -2.52. The fraction of sp³-hybridized carbons (Fsp3) is 0.571. The van der Waals surface area contributed by atoms with Crippen molar-refractivity contribution in [3.05, 3.63) is 35.9 Å². The quantitative estimate of drug-likeness (QED) is 0.488. The van der Waals surface area contributed by atoms with E-state index in [2.05, 4.69) is 10.6 Å². The summed E-state index contributed by atoms with van der Waals surface area (Å²) in [5.41, 5.74) is 0.868. The first-order valence-electron chi connectivity index (χ1n) is 9.65. The predicted octanol–water partition coefficient (Wildman–Crippen LogP) is 3.50. The van der Waals surface area contributed by atoms with E-state index < -0.39 is 18.2 Å². The van der Waals surface area contributed by atoms with Crippen molar-refractivity contribution >= 4 is 41.3 Å². The van der Waals surface area contributed by atoms with E-state index in [1.165, 1.54) is 11.8 Å². The van der Waals surface area contributed by atoms with Gasteiger partial charge >= 0.3 is 6.09 Å². The minimum Gasteiger partial charge on any atom is -0.445 e. The number of ether oxygens (including phenoxy) is 1. The molecule has 6 nitrogen and oxygen atoms in total. The van der Waals surface area contributed by atoms with Crippen LogP contribution in [0.25, 0.3) is 0 Å². The maximum Gasteiger partial charge on any atom is 0.408 e. The lowest BCUT2D eigenvalue weighted by molar-refractivity contribution is -0.128. The molecule has 162 valence electrons. The van der Waals surface area contributed by atoms with Gasteiger partial charge in [0.25, 0.3) is 0 Å². The number of hydrogen-bond acceptors (Lipinski definition) is 6. The Hall–Kier alpha value is -1.67. The Morgan fingerprint density at radius 3 is 2.28 bits per heavy atom. The van der Waals surface area contributed by atoms with E-state index in [0.717, 1.165) is 11.3 Å². The number of benzene rings is 1. The fourth-order valence-corrected chi connectivity index (χ4v) is 3.63. The number of hydrogen-bond donors (Lipinski definition) is 2. The highest BCUT2D eigenvalue weighted by Crippen LogP contribution is 2.10. The van der Waals surface area contributed by atoms with Crippen molar-refractivity contribution in [2.45, 2.75) is 45.4 Å². The molecule has 1 aromatic rings. The molecule has 0 heterocycles. The van der Waals surface area contributed by atoms with Crippen molar-refractivity contribution < 1.29 is 19.1 Å². The Kier molecular flexibility index (Phi) is 12.5. The van der Waals surface area contributed by atoms with Gasteiger partial charge in [-0.15, -0.1) is 0 Å². The normalized spacial score (nSPS) is 12.9. The van der Waals surface area contributed by atoms with Gasteiger partial charge in [0.1, 0.15) is 12.6 Å². The Labute approximate surface area is 182 Å². The van der Waals surface area contributed by atoms with Crippen LogP contribution in [0.4, 0.5) is 4.79 Å². The Bertz CT molecular complexity index is 641. The zero-order valence-corrected chi connectivity index (χ0v) is 19.2. The van der Waals surface area contributed by atoms with Gasteiger partial charge < -0.3 is 15.4 Å². The monoisotopic (exact) mass is 440 g/mol. The molecule has 0 spiro atoms. The van der Waals surface area contributed by atoms with Gasteiger partial charge in [-0.3, -0.25) is 9.59 Å². The molecule has 0 aliphatic heterocycles. The summed E-state index contributed by atoms with van der Waals surface area (Å²) in [6, 6.07) is 8.05. The summed E-state index contributed by atoms with van der Waals surface area (Å²) in [7, 11) is 0. The predicted molar refractivity (Wildman–Crippen MR) is 121 cm³/mol. The molecule has 0 saturated heterocycles. The molecule has 0 aliphatic rings. The average molecular weight is 441 g/mol. The van der Waals surface area contributed by atoms with Gasteiger partial charge in [-0.05, 0) is 42.6 Å². The van der Waals surface area contributed by atoms with E-state index in [0.29, 0.717) is 18.6 Å². The summed E-state index contributed by atoms with van der Waals surface area (Å²) in [6.45, 7) is 4.08. The lowest BCUT2D eigenvalue weighted by Gasteiger charge is -2.23. The number of nitrogens with one attached hydrogen (secondary N) is 2. The first-order valence-corrected chi connectivity index (χ1v) is 12.4. The molecule has 2 atom stereocenters. The second-order valence-electron chi connectivity index (χ2n) is 7.13. The number of ketones is 1. The van der Waals surface area contributed by atoms with Gasteiger partial charge in [0.15, 0.2) is 5.78 Å². The molecule has 0 bridgehead atoms. The summed E-state index contributed by atoms with van der Waals surface area (Å²) in [5.74, 6) is 0.949. The Balaban J connectivity index is 2.71. The van der Waals surface area contributed by atoms with E-state index in [4.69, 9.17) is 4.74 Å².